The number of halogens is 12. The zero-order valence-corrected chi connectivity index (χ0v) is 19.2. The number of nitrogens with zero attached hydrogens (tertiary/aromatic N) is 6. The van der Waals surface area contributed by atoms with E-state index in [0.717, 1.165) is 0 Å². The summed E-state index contributed by atoms with van der Waals surface area (Å²) in [6.07, 6.45) is 1.68. The summed E-state index contributed by atoms with van der Waals surface area (Å²) >= 11 is 0. The second-order valence-electron chi connectivity index (χ2n) is 5.89. The first-order chi connectivity index (χ1) is 14.0. The van der Waals surface area contributed by atoms with Gasteiger partial charge in [0.15, 0.2) is 0 Å². The molecule has 3 N–H and O–H groups in total. The summed E-state index contributed by atoms with van der Waals surface area (Å²) in [5.41, 5.74) is 4.54. The molecule has 8 nitrogen and oxygen atoms in total. The van der Waals surface area contributed by atoms with Crippen molar-refractivity contribution in [2.75, 3.05) is 35.2 Å². The van der Waals surface area contributed by atoms with Gasteiger partial charge in [0.1, 0.15) is 5.52 Å². The topological polar surface area (TPSA) is 86.7 Å². The number of pyridine rings is 1. The Morgan fingerprint density at radius 1 is 0.909 bits per heavy atom. The Bertz CT molecular complexity index is 899. The first-order valence-corrected chi connectivity index (χ1v) is 11.9. The Hall–Kier alpha value is -2.20. The van der Waals surface area contributed by atoms with Crippen LogP contribution in [-0.2, 0) is 0 Å². The first-order valence-electron chi connectivity index (χ1n) is 7.89. The van der Waals surface area contributed by atoms with Crippen LogP contribution >= 0.6 is 15.6 Å². The van der Waals surface area contributed by atoms with Crippen LogP contribution in [0, 0.1) is 0 Å². The molecule has 0 saturated heterocycles. The van der Waals surface area contributed by atoms with Crippen molar-refractivity contribution in [2.45, 2.75) is 0 Å². The summed E-state index contributed by atoms with van der Waals surface area (Å²) in [6.45, 7) is 0. The van der Waals surface area contributed by atoms with Gasteiger partial charge in [-0.05, 0) is 22.2 Å². The van der Waals surface area contributed by atoms with Gasteiger partial charge in [-0.1, -0.05) is 0 Å². The van der Waals surface area contributed by atoms with Crippen LogP contribution in [0.25, 0.3) is 11.2 Å². The van der Waals surface area contributed by atoms with E-state index < -0.39 is 15.6 Å². The van der Waals surface area contributed by atoms with Crippen molar-refractivity contribution in [3.05, 3.63) is 18.3 Å². The van der Waals surface area contributed by atoms with E-state index in [1.807, 2.05) is 49.8 Å². The minimum absolute atomic E-state index is 0.591. The molecular formula is C11H21F12N7OP2. The van der Waals surface area contributed by atoms with Crippen LogP contribution in [0.1, 0.15) is 0 Å². The molecule has 0 aliphatic rings. The van der Waals surface area contributed by atoms with E-state index >= 15 is 0 Å². The van der Waals surface area contributed by atoms with Crippen LogP contribution < -0.4 is 10.6 Å². The quantitative estimate of drug-likeness (QED) is 0.174. The molecule has 0 fully saturated rings. The van der Waals surface area contributed by atoms with Gasteiger partial charge in [0.2, 0.25) is 5.65 Å². The Morgan fingerprint density at radius 2 is 1.30 bits per heavy atom. The van der Waals surface area contributed by atoms with Gasteiger partial charge < -0.3 is 5.73 Å². The summed E-state index contributed by atoms with van der Waals surface area (Å²) in [7, 11) is -12.0. The van der Waals surface area contributed by atoms with E-state index in [9.17, 15) is 50.4 Å². The fourth-order valence-corrected chi connectivity index (χ4v) is 1.45. The van der Waals surface area contributed by atoms with Crippen LogP contribution in [0.4, 0.5) is 50.4 Å². The van der Waals surface area contributed by atoms with Gasteiger partial charge in [0.25, 0.3) is 0 Å². The van der Waals surface area contributed by atoms with Crippen LogP contribution in [0.5, 0.6) is 0 Å². The van der Waals surface area contributed by atoms with Crippen LogP contribution in [0.15, 0.2) is 18.3 Å². The van der Waals surface area contributed by atoms with E-state index in [4.69, 9.17) is 4.84 Å². The normalized spacial score (nSPS) is 15.3. The van der Waals surface area contributed by atoms with E-state index in [2.05, 4.69) is 21.0 Å². The molecule has 33 heavy (non-hydrogen) atoms. The van der Waals surface area contributed by atoms with Crippen molar-refractivity contribution in [1.82, 2.24) is 25.0 Å². The van der Waals surface area contributed by atoms with Crippen molar-refractivity contribution in [3.63, 3.8) is 0 Å². The van der Waals surface area contributed by atoms with Gasteiger partial charge in [-0.3, -0.25) is 4.84 Å². The van der Waals surface area contributed by atoms with Crippen molar-refractivity contribution >= 4 is 32.8 Å². The van der Waals surface area contributed by atoms with Crippen molar-refractivity contribution in [1.29, 1.82) is 0 Å². The molecule has 2 aromatic heterocycles. The first kappa shape index (κ1) is 33.0. The van der Waals surface area contributed by atoms with Crippen LogP contribution in [0.3, 0.4) is 0 Å². The standard InChI is InChI=1S/C10H15N6O.CH5N.2F6P/c1-14(2)10(15(3)4)17-16-9-8(12-13-16)6-5-7-11-9;1-2;2*1-7(2,3,4,5)6/h5-7H,1-4H3;2H2,1H3;;/q+1;;2*-1/p+1. The molecule has 0 saturated carbocycles. The van der Waals surface area contributed by atoms with Crippen LogP contribution in [-0.4, -0.2) is 70.9 Å². The number of hydrogen-bond donors (Lipinski definition) is 1. The zero-order chi connectivity index (χ0) is 27.2. The molecule has 200 valence electrons. The summed E-state index contributed by atoms with van der Waals surface area (Å²) in [6, 6.07) is 4.28. The molecule has 2 aromatic rings. The summed E-state index contributed by atoms with van der Waals surface area (Å²) in [4.78, 5) is 13.0. The predicted molar refractivity (Wildman–Crippen MR) is 98.7 cm³/mol. The fourth-order valence-electron chi connectivity index (χ4n) is 1.45. The Balaban J connectivity index is 0. The molecule has 0 bridgehead atoms. The number of fused-ring (bicyclic) bond motifs is 1. The Kier molecular flexibility index (Phi) is 8.86. The molecule has 0 amide bonds. The van der Waals surface area contributed by atoms with Crippen molar-refractivity contribution in [2.24, 2.45) is 0 Å². The maximum absolute atomic E-state index is 10.7. The average Bonchev–Trinajstić information content (AvgIpc) is 2.91. The number of aromatic nitrogens is 4. The number of amidine groups is 1. The summed E-state index contributed by atoms with van der Waals surface area (Å²) in [5, 5.41) is 7.87. The molecule has 0 spiro atoms. The molecule has 0 radical (unpaired) electrons. The third-order valence-corrected chi connectivity index (χ3v) is 2.11. The molecule has 0 aliphatic carbocycles. The molecule has 2 heterocycles. The van der Waals surface area contributed by atoms with Gasteiger partial charge in [-0.15, -0.1) is 5.10 Å². The minimum atomic E-state index is -10.7. The average molecular weight is 557 g/mol. The molecular weight excluding hydrogens is 536 g/mol. The third kappa shape index (κ3) is 25.9. The van der Waals surface area contributed by atoms with Gasteiger partial charge >= 0.3 is 72.0 Å². The van der Waals surface area contributed by atoms with E-state index in [1.165, 1.54) is 4.85 Å². The molecule has 2 rings (SSSR count). The van der Waals surface area contributed by atoms with Gasteiger partial charge in [-0.25, -0.2) is 14.5 Å². The van der Waals surface area contributed by atoms with Crippen molar-refractivity contribution < 1.29 is 65.5 Å². The van der Waals surface area contributed by atoms with Gasteiger partial charge in [0.05, 0.1) is 35.2 Å². The van der Waals surface area contributed by atoms with E-state index in [0.29, 0.717) is 17.2 Å². The number of rotatable bonds is 1. The molecule has 0 aromatic carbocycles. The second kappa shape index (κ2) is 8.87. The summed E-state index contributed by atoms with van der Waals surface area (Å²) < 4.78 is 120. The molecule has 0 atom stereocenters. The molecule has 0 unspecified atom stereocenters. The zero-order valence-electron chi connectivity index (χ0n) is 17.5. The maximum atomic E-state index is 9.87. The number of hydrogen-bond acceptors (Lipinski definition) is 4. The Labute approximate surface area is 178 Å². The van der Waals surface area contributed by atoms with Gasteiger partial charge in [-0.2, -0.15) is 0 Å². The number of quaternary nitrogens is 1. The third-order valence-electron chi connectivity index (χ3n) is 2.11. The molecule has 22 heteroatoms. The van der Waals surface area contributed by atoms with Crippen LogP contribution in [0.2, 0.25) is 0 Å². The predicted octanol–water partition coefficient (Wildman–Crippen LogP) is 5.07. The second-order valence-corrected chi connectivity index (χ2v) is 9.72. The van der Waals surface area contributed by atoms with Gasteiger partial charge in [0, 0.05) is 6.20 Å². The SMILES string of the molecule is CN(C)C(On1nnc2cccnc21)=[N+](C)C.C[NH3+].F[P-](F)(F)(F)(F)F.F[P-](F)(F)(F)(F)F. The Morgan fingerprint density at radius 3 is 1.64 bits per heavy atom. The summed E-state index contributed by atoms with van der Waals surface area (Å²) in [5.74, 6) is 0. The van der Waals surface area contributed by atoms with Crippen molar-refractivity contribution in [3.8, 4) is 0 Å². The molecule has 0 aliphatic heterocycles. The monoisotopic (exact) mass is 557 g/mol. The van der Waals surface area contributed by atoms with E-state index in [-0.39, 0.29) is 0 Å². The van der Waals surface area contributed by atoms with E-state index in [1.54, 1.807) is 13.2 Å². The fraction of sp³-hybridized carbons (Fsp3) is 0.455.